The molecule has 3 rings (SSSR count). The summed E-state index contributed by atoms with van der Waals surface area (Å²) in [4.78, 5) is 29.7. The van der Waals surface area contributed by atoms with E-state index in [0.717, 1.165) is 31.5 Å². The van der Waals surface area contributed by atoms with Crippen molar-refractivity contribution in [2.75, 3.05) is 26.2 Å². The highest BCUT2D eigenvalue weighted by molar-refractivity contribution is 5.97. The molecule has 5 heteroatoms. The topological polar surface area (TPSA) is 49.9 Å². The van der Waals surface area contributed by atoms with Crippen molar-refractivity contribution in [2.45, 2.75) is 51.9 Å². The third-order valence-corrected chi connectivity index (χ3v) is 5.60. The van der Waals surface area contributed by atoms with Crippen molar-refractivity contribution in [3.63, 3.8) is 0 Å². The first kappa shape index (κ1) is 19.1. The van der Waals surface area contributed by atoms with Crippen molar-refractivity contribution >= 4 is 11.7 Å². The van der Waals surface area contributed by atoms with Gasteiger partial charge in [-0.1, -0.05) is 30.3 Å². The van der Waals surface area contributed by atoms with Gasteiger partial charge in [-0.2, -0.15) is 0 Å². The minimum absolute atomic E-state index is 0.0689. The van der Waals surface area contributed by atoms with Crippen LogP contribution in [-0.4, -0.2) is 65.9 Å². The molecule has 2 aliphatic heterocycles. The van der Waals surface area contributed by atoms with Crippen LogP contribution in [0.15, 0.2) is 30.3 Å². The maximum absolute atomic E-state index is 12.9. The number of rotatable bonds is 4. The lowest BCUT2D eigenvalue weighted by Crippen LogP contribution is -2.55. The summed E-state index contributed by atoms with van der Waals surface area (Å²) in [6, 6.07) is 9.39. The minimum atomic E-state index is -0.139. The van der Waals surface area contributed by atoms with Crippen LogP contribution in [0.3, 0.4) is 0 Å². The van der Waals surface area contributed by atoms with Crippen LogP contribution >= 0.6 is 0 Å². The Labute approximate surface area is 156 Å². The van der Waals surface area contributed by atoms with Gasteiger partial charge in [-0.15, -0.1) is 0 Å². The SMILES string of the molecule is C[C@@H]1CN(C(=O)[C@H](C)N2CCC(C(=O)c3ccccc3)CC2)C[C@@H](C)O1. The van der Waals surface area contributed by atoms with Gasteiger partial charge < -0.3 is 9.64 Å². The summed E-state index contributed by atoms with van der Waals surface area (Å²) < 4.78 is 5.73. The Balaban J connectivity index is 1.54. The average Bonchev–Trinajstić information content (AvgIpc) is 2.66. The minimum Gasteiger partial charge on any atom is -0.372 e. The van der Waals surface area contributed by atoms with Crippen LogP contribution in [0.25, 0.3) is 0 Å². The molecule has 2 fully saturated rings. The molecule has 0 aromatic heterocycles. The summed E-state index contributed by atoms with van der Waals surface area (Å²) in [6.07, 6.45) is 1.82. The zero-order valence-corrected chi connectivity index (χ0v) is 16.1. The number of morpholine rings is 1. The largest absolute Gasteiger partial charge is 0.372 e. The van der Waals surface area contributed by atoms with Crippen LogP contribution in [-0.2, 0) is 9.53 Å². The highest BCUT2D eigenvalue weighted by atomic mass is 16.5. The van der Waals surface area contributed by atoms with E-state index in [1.54, 1.807) is 0 Å². The van der Waals surface area contributed by atoms with Crippen molar-refractivity contribution in [3.05, 3.63) is 35.9 Å². The number of benzene rings is 1. The molecule has 2 saturated heterocycles. The van der Waals surface area contributed by atoms with E-state index in [1.165, 1.54) is 0 Å². The Morgan fingerprint density at radius 3 is 2.19 bits per heavy atom. The van der Waals surface area contributed by atoms with Crippen molar-refractivity contribution in [3.8, 4) is 0 Å². The fourth-order valence-electron chi connectivity index (χ4n) is 4.17. The molecular formula is C21H30N2O3. The standard InChI is InChI=1S/C21H30N2O3/c1-15-13-23(14-16(2)26-15)21(25)17(3)22-11-9-19(10-12-22)20(24)18-7-5-4-6-8-18/h4-8,15-17,19H,9-14H2,1-3H3/t15-,16-,17+/m1/s1. The van der Waals surface area contributed by atoms with Gasteiger partial charge in [0, 0.05) is 24.6 Å². The molecule has 3 atom stereocenters. The molecule has 0 radical (unpaired) electrons. The molecule has 1 aromatic rings. The van der Waals surface area contributed by atoms with E-state index in [1.807, 2.05) is 56.0 Å². The van der Waals surface area contributed by atoms with Crippen molar-refractivity contribution < 1.29 is 14.3 Å². The quantitative estimate of drug-likeness (QED) is 0.777. The Morgan fingerprint density at radius 2 is 1.62 bits per heavy atom. The highest BCUT2D eigenvalue weighted by Crippen LogP contribution is 2.24. The van der Waals surface area contributed by atoms with Gasteiger partial charge in [0.1, 0.15) is 0 Å². The number of nitrogens with zero attached hydrogens (tertiary/aromatic N) is 2. The molecule has 0 aliphatic carbocycles. The first-order chi connectivity index (χ1) is 12.5. The molecule has 5 nitrogen and oxygen atoms in total. The Bertz CT molecular complexity index is 615. The second-order valence-corrected chi connectivity index (χ2v) is 7.72. The normalized spacial score (nSPS) is 26.5. The van der Waals surface area contributed by atoms with E-state index in [9.17, 15) is 9.59 Å². The molecule has 142 valence electrons. The number of hydrogen-bond acceptors (Lipinski definition) is 4. The van der Waals surface area contributed by atoms with Gasteiger partial charge in [0.05, 0.1) is 18.2 Å². The fourth-order valence-corrected chi connectivity index (χ4v) is 4.17. The number of carbonyl (C=O) groups excluding carboxylic acids is 2. The summed E-state index contributed by atoms with van der Waals surface area (Å²) in [5, 5.41) is 0. The third-order valence-electron chi connectivity index (χ3n) is 5.60. The average molecular weight is 358 g/mol. The lowest BCUT2D eigenvalue weighted by atomic mass is 9.88. The summed E-state index contributed by atoms with van der Waals surface area (Å²) in [5.74, 6) is 0.485. The zero-order chi connectivity index (χ0) is 18.7. The lowest BCUT2D eigenvalue weighted by molar-refractivity contribution is -0.148. The lowest BCUT2D eigenvalue weighted by Gasteiger charge is -2.40. The molecule has 1 aromatic carbocycles. The van der Waals surface area contributed by atoms with Crippen LogP contribution in [0.4, 0.5) is 0 Å². The third kappa shape index (κ3) is 4.33. The smallest absolute Gasteiger partial charge is 0.239 e. The van der Waals surface area contributed by atoms with Gasteiger partial charge in [0.15, 0.2) is 5.78 Å². The van der Waals surface area contributed by atoms with Gasteiger partial charge in [0.2, 0.25) is 5.91 Å². The maximum atomic E-state index is 12.9. The molecule has 0 spiro atoms. The van der Waals surface area contributed by atoms with Crippen molar-refractivity contribution in [2.24, 2.45) is 5.92 Å². The van der Waals surface area contributed by atoms with Crippen LogP contribution in [0.2, 0.25) is 0 Å². The summed E-state index contributed by atoms with van der Waals surface area (Å²) >= 11 is 0. The van der Waals surface area contributed by atoms with Gasteiger partial charge in [-0.25, -0.2) is 0 Å². The first-order valence-corrected chi connectivity index (χ1v) is 9.73. The zero-order valence-electron chi connectivity index (χ0n) is 16.1. The Kier molecular flexibility index (Phi) is 6.09. The highest BCUT2D eigenvalue weighted by Gasteiger charge is 2.34. The number of hydrogen-bond donors (Lipinski definition) is 0. The molecule has 2 heterocycles. The number of Topliss-reactive ketones (excluding diaryl/α,β-unsaturated/α-hetero) is 1. The number of piperidine rings is 1. The monoisotopic (exact) mass is 358 g/mol. The van der Waals surface area contributed by atoms with Gasteiger partial charge in [-0.3, -0.25) is 14.5 Å². The van der Waals surface area contributed by atoms with Crippen LogP contribution < -0.4 is 0 Å². The van der Waals surface area contributed by atoms with E-state index < -0.39 is 0 Å². The second kappa shape index (κ2) is 8.31. The number of amides is 1. The summed E-state index contributed by atoms with van der Waals surface area (Å²) in [6.45, 7) is 8.94. The van der Waals surface area contributed by atoms with Crippen LogP contribution in [0.1, 0.15) is 44.0 Å². The molecule has 1 amide bonds. The number of likely N-dealkylation sites (tertiary alicyclic amines) is 1. The van der Waals surface area contributed by atoms with Crippen molar-refractivity contribution in [1.82, 2.24) is 9.80 Å². The predicted molar refractivity (Wildman–Crippen MR) is 101 cm³/mol. The number of ether oxygens (including phenoxy) is 1. The van der Waals surface area contributed by atoms with E-state index in [2.05, 4.69) is 4.90 Å². The van der Waals surface area contributed by atoms with Gasteiger partial charge in [0.25, 0.3) is 0 Å². The van der Waals surface area contributed by atoms with E-state index in [0.29, 0.717) is 13.1 Å². The van der Waals surface area contributed by atoms with Crippen LogP contribution in [0.5, 0.6) is 0 Å². The van der Waals surface area contributed by atoms with Crippen LogP contribution in [0, 0.1) is 5.92 Å². The molecule has 0 bridgehead atoms. The Morgan fingerprint density at radius 1 is 1.04 bits per heavy atom. The summed E-state index contributed by atoms with van der Waals surface area (Å²) in [5.41, 5.74) is 0.798. The molecule has 26 heavy (non-hydrogen) atoms. The maximum Gasteiger partial charge on any atom is 0.239 e. The van der Waals surface area contributed by atoms with E-state index in [-0.39, 0.29) is 35.9 Å². The van der Waals surface area contributed by atoms with E-state index >= 15 is 0 Å². The van der Waals surface area contributed by atoms with Gasteiger partial charge >= 0.3 is 0 Å². The molecule has 2 aliphatic rings. The molecule has 0 unspecified atom stereocenters. The predicted octanol–water partition coefficient (Wildman–Crippen LogP) is 2.61. The second-order valence-electron chi connectivity index (χ2n) is 7.72. The van der Waals surface area contributed by atoms with E-state index in [4.69, 9.17) is 4.74 Å². The molecule has 0 saturated carbocycles. The number of carbonyl (C=O) groups is 2. The number of ketones is 1. The molecular weight excluding hydrogens is 328 g/mol. The first-order valence-electron chi connectivity index (χ1n) is 9.73. The van der Waals surface area contributed by atoms with Gasteiger partial charge in [-0.05, 0) is 46.7 Å². The Hall–Kier alpha value is -1.72. The summed E-state index contributed by atoms with van der Waals surface area (Å²) in [7, 11) is 0. The fraction of sp³-hybridized carbons (Fsp3) is 0.619. The van der Waals surface area contributed by atoms with Crippen molar-refractivity contribution in [1.29, 1.82) is 0 Å². The molecule has 0 N–H and O–H groups in total.